The number of amides is 2. The van der Waals surface area contributed by atoms with Crippen LogP contribution in [0.1, 0.15) is 62.1 Å². The van der Waals surface area contributed by atoms with Crippen LogP contribution in [0.15, 0.2) is 53.6 Å². The SMILES string of the molecule is CCOCCCCCCNC(=O)CCC(=O)N1Cc2ccccc2/C(N(N)CCOCCOCCOCCOC/C=N\NC)=C(/N)c2ccccc21. The first kappa shape index (κ1) is 42.4. The number of fused-ring (bicyclic) bond motifs is 2. The number of nitrogens with one attached hydrogen (secondary N) is 2. The fourth-order valence-corrected chi connectivity index (χ4v) is 5.58. The van der Waals surface area contributed by atoms with Crippen molar-refractivity contribution < 1.29 is 33.3 Å². The summed E-state index contributed by atoms with van der Waals surface area (Å²) in [4.78, 5) is 28.1. The van der Waals surface area contributed by atoms with Gasteiger partial charge in [-0.2, -0.15) is 5.10 Å². The van der Waals surface area contributed by atoms with Crippen molar-refractivity contribution in [3.63, 3.8) is 0 Å². The molecule has 14 heteroatoms. The maximum absolute atomic E-state index is 13.7. The Kier molecular flexibility index (Phi) is 21.0. The molecule has 0 aromatic heterocycles. The third-order valence-electron chi connectivity index (χ3n) is 8.24. The van der Waals surface area contributed by atoms with Gasteiger partial charge in [0.15, 0.2) is 0 Å². The van der Waals surface area contributed by atoms with Crippen LogP contribution in [0.2, 0.25) is 0 Å². The molecule has 1 heterocycles. The summed E-state index contributed by atoms with van der Waals surface area (Å²) in [6.45, 7) is 8.28. The minimum Gasteiger partial charge on any atom is -0.396 e. The van der Waals surface area contributed by atoms with Crippen molar-refractivity contribution in [1.82, 2.24) is 15.8 Å². The molecule has 1 aliphatic rings. The van der Waals surface area contributed by atoms with Crippen molar-refractivity contribution >= 4 is 35.1 Å². The Morgan fingerprint density at radius 2 is 1.48 bits per heavy atom. The van der Waals surface area contributed by atoms with Crippen LogP contribution in [-0.4, -0.2) is 109 Å². The number of nitrogens with zero attached hydrogens (tertiary/aromatic N) is 3. The van der Waals surface area contributed by atoms with Gasteiger partial charge in [0.05, 0.1) is 83.0 Å². The summed E-state index contributed by atoms with van der Waals surface area (Å²) < 4.78 is 27.6. The summed E-state index contributed by atoms with van der Waals surface area (Å²) in [5, 5.41) is 8.40. The number of benzene rings is 2. The molecule has 0 saturated heterocycles. The number of carbonyl (C=O) groups excluding carboxylic acids is 2. The number of para-hydroxylation sites is 1. The van der Waals surface area contributed by atoms with E-state index in [1.54, 1.807) is 23.2 Å². The number of hydrazone groups is 1. The van der Waals surface area contributed by atoms with E-state index in [9.17, 15) is 9.59 Å². The Bertz CT molecular complexity index is 1390. The molecule has 0 saturated carbocycles. The molecule has 0 aliphatic carbocycles. The Labute approximate surface area is 308 Å². The van der Waals surface area contributed by atoms with Gasteiger partial charge < -0.3 is 50.1 Å². The number of hydrogen-bond donors (Lipinski definition) is 4. The Morgan fingerprint density at radius 3 is 2.21 bits per heavy atom. The summed E-state index contributed by atoms with van der Waals surface area (Å²) >= 11 is 0. The van der Waals surface area contributed by atoms with Crippen molar-refractivity contribution in [2.75, 3.05) is 91.1 Å². The van der Waals surface area contributed by atoms with E-state index in [0.717, 1.165) is 50.0 Å². The number of rotatable bonds is 27. The van der Waals surface area contributed by atoms with Crippen molar-refractivity contribution in [1.29, 1.82) is 0 Å². The van der Waals surface area contributed by atoms with E-state index >= 15 is 0 Å². The molecule has 0 radical (unpaired) electrons. The van der Waals surface area contributed by atoms with E-state index in [4.69, 9.17) is 35.3 Å². The zero-order valence-corrected chi connectivity index (χ0v) is 31.0. The molecular formula is C38H59N7O7. The van der Waals surface area contributed by atoms with Crippen LogP contribution in [0, 0.1) is 0 Å². The van der Waals surface area contributed by atoms with Gasteiger partial charge in [-0.15, -0.1) is 0 Å². The molecule has 0 bridgehead atoms. The van der Waals surface area contributed by atoms with E-state index in [1.165, 1.54) is 0 Å². The van der Waals surface area contributed by atoms with Crippen molar-refractivity contribution in [3.05, 3.63) is 65.2 Å². The van der Waals surface area contributed by atoms with Gasteiger partial charge >= 0.3 is 0 Å². The molecule has 2 aromatic carbocycles. The molecule has 2 aromatic rings. The minimum atomic E-state index is -0.156. The topological polar surface area (TPSA) is 175 Å². The second kappa shape index (κ2) is 25.8. The first-order valence-electron chi connectivity index (χ1n) is 18.3. The molecule has 0 fully saturated rings. The predicted octanol–water partition coefficient (Wildman–Crippen LogP) is 3.26. The van der Waals surface area contributed by atoms with E-state index in [-0.39, 0.29) is 24.7 Å². The highest BCUT2D eigenvalue weighted by molar-refractivity contribution is 6.01. The fraction of sp³-hybridized carbons (Fsp3) is 0.553. The lowest BCUT2D eigenvalue weighted by molar-refractivity contribution is -0.125. The van der Waals surface area contributed by atoms with Crippen molar-refractivity contribution in [3.8, 4) is 0 Å². The lowest BCUT2D eigenvalue weighted by Gasteiger charge is -2.33. The number of hydrazine groups is 1. The van der Waals surface area contributed by atoms with E-state index in [0.29, 0.717) is 95.1 Å². The summed E-state index contributed by atoms with van der Waals surface area (Å²) in [6, 6.07) is 15.3. The quantitative estimate of drug-likeness (QED) is 0.0461. The smallest absolute Gasteiger partial charge is 0.227 e. The summed E-state index contributed by atoms with van der Waals surface area (Å²) in [7, 11) is 1.73. The summed E-state index contributed by atoms with van der Waals surface area (Å²) in [5.41, 5.74) is 13.7. The van der Waals surface area contributed by atoms with Crippen LogP contribution in [0.5, 0.6) is 0 Å². The van der Waals surface area contributed by atoms with Crippen LogP contribution in [0.25, 0.3) is 11.4 Å². The molecule has 0 atom stereocenters. The monoisotopic (exact) mass is 725 g/mol. The van der Waals surface area contributed by atoms with Gasteiger partial charge in [-0.3, -0.25) is 9.59 Å². The van der Waals surface area contributed by atoms with Crippen LogP contribution < -0.4 is 27.2 Å². The van der Waals surface area contributed by atoms with Gasteiger partial charge in [0, 0.05) is 57.0 Å². The second-order valence-electron chi connectivity index (χ2n) is 12.0. The predicted molar refractivity (Wildman–Crippen MR) is 204 cm³/mol. The second-order valence-corrected chi connectivity index (χ2v) is 12.0. The number of unbranched alkanes of at least 4 members (excludes halogenated alkanes) is 3. The van der Waals surface area contributed by atoms with Crippen molar-refractivity contribution in [2.24, 2.45) is 16.7 Å². The summed E-state index contributed by atoms with van der Waals surface area (Å²) in [6.07, 6.45) is 5.85. The zero-order valence-electron chi connectivity index (χ0n) is 31.0. The lowest BCUT2D eigenvalue weighted by atomic mass is 9.95. The molecule has 1 aliphatic heterocycles. The standard InChI is InChI=1S/C38H59N7O7/c1-3-48-21-11-5-4-10-18-42-35(46)16-17-36(47)44-30-31-12-6-7-13-32(31)38(37(39)33-14-8-9-15-34(33)44)45(40)20-23-50-25-27-52-29-28-51-26-24-49-22-19-43-41-2/h6-9,12-15,19,41H,3-5,10-11,16-18,20-30,39-40H2,1-2H3,(H,42,46)/b38-37-,43-19-. The van der Waals surface area contributed by atoms with Gasteiger partial charge in [0.1, 0.15) is 0 Å². The number of ether oxygens (including phenoxy) is 5. The Morgan fingerprint density at radius 1 is 0.827 bits per heavy atom. The average molecular weight is 726 g/mol. The van der Waals surface area contributed by atoms with Gasteiger partial charge in [-0.25, -0.2) is 5.84 Å². The maximum atomic E-state index is 13.7. The highest BCUT2D eigenvalue weighted by atomic mass is 16.6. The number of nitrogens with two attached hydrogens (primary N) is 2. The van der Waals surface area contributed by atoms with Gasteiger partial charge in [0.2, 0.25) is 11.8 Å². The molecule has 6 N–H and O–H groups in total. The number of hydrogen-bond acceptors (Lipinski definition) is 12. The molecule has 2 amide bonds. The molecule has 3 rings (SSSR count). The van der Waals surface area contributed by atoms with E-state index in [1.807, 2.05) is 55.5 Å². The van der Waals surface area contributed by atoms with Gasteiger partial charge in [-0.1, -0.05) is 55.3 Å². The highest BCUT2D eigenvalue weighted by Crippen LogP contribution is 2.36. The van der Waals surface area contributed by atoms with Gasteiger partial charge in [0.25, 0.3) is 0 Å². The van der Waals surface area contributed by atoms with E-state index in [2.05, 4.69) is 15.8 Å². The lowest BCUT2D eigenvalue weighted by Crippen LogP contribution is -2.38. The number of carbonyl (C=O) groups is 2. The molecule has 0 unspecified atom stereocenters. The molecule has 14 nitrogen and oxygen atoms in total. The molecule has 288 valence electrons. The largest absolute Gasteiger partial charge is 0.396 e. The van der Waals surface area contributed by atoms with Crippen molar-refractivity contribution in [2.45, 2.75) is 52.0 Å². The molecule has 0 spiro atoms. The fourth-order valence-electron chi connectivity index (χ4n) is 5.58. The average Bonchev–Trinajstić information content (AvgIpc) is 3.15. The van der Waals surface area contributed by atoms with E-state index < -0.39 is 0 Å². The minimum absolute atomic E-state index is 0.0762. The first-order chi connectivity index (χ1) is 25.5. The molecular weight excluding hydrogens is 666 g/mol. The van der Waals surface area contributed by atoms with Crippen LogP contribution in [0.3, 0.4) is 0 Å². The highest BCUT2D eigenvalue weighted by Gasteiger charge is 2.27. The maximum Gasteiger partial charge on any atom is 0.227 e. The third kappa shape index (κ3) is 15.3. The third-order valence-corrected chi connectivity index (χ3v) is 8.24. The number of anilines is 1. The van der Waals surface area contributed by atoms with Crippen LogP contribution >= 0.6 is 0 Å². The van der Waals surface area contributed by atoms with Crippen LogP contribution in [0.4, 0.5) is 5.69 Å². The Balaban J connectivity index is 1.51. The van der Waals surface area contributed by atoms with Gasteiger partial charge in [-0.05, 0) is 31.4 Å². The zero-order chi connectivity index (χ0) is 37.2. The Hall–Kier alpha value is -4.05. The molecule has 52 heavy (non-hydrogen) atoms. The summed E-state index contributed by atoms with van der Waals surface area (Å²) in [5.74, 6) is 6.38. The van der Waals surface area contributed by atoms with Crippen LogP contribution in [-0.2, 0) is 39.8 Å². The normalized spacial score (nSPS) is 14.1. The first-order valence-corrected chi connectivity index (χ1v) is 18.3.